The van der Waals surface area contributed by atoms with Crippen molar-refractivity contribution >= 4 is 17.6 Å². The SMILES string of the molecule is Cc1cc(NC(=O)N(Cc2ccccc2)CC(F)F)ccc1C(N)=O. The molecule has 7 heteroatoms. The Kier molecular flexibility index (Phi) is 6.05. The average Bonchev–Trinajstić information content (AvgIpc) is 2.54. The number of primary amides is 1. The van der Waals surface area contributed by atoms with E-state index in [0.717, 1.165) is 10.5 Å². The lowest BCUT2D eigenvalue weighted by molar-refractivity contribution is 0.0994. The summed E-state index contributed by atoms with van der Waals surface area (Å²) in [6.07, 6.45) is -2.64. The van der Waals surface area contributed by atoms with E-state index in [-0.39, 0.29) is 6.54 Å². The Bertz CT molecular complexity index is 751. The van der Waals surface area contributed by atoms with Gasteiger partial charge in [-0.1, -0.05) is 30.3 Å². The molecular formula is C18H19F2N3O2. The van der Waals surface area contributed by atoms with Crippen LogP contribution in [0.3, 0.4) is 0 Å². The summed E-state index contributed by atoms with van der Waals surface area (Å²) in [5.74, 6) is -0.571. The van der Waals surface area contributed by atoms with E-state index in [1.807, 2.05) is 6.07 Å². The highest BCUT2D eigenvalue weighted by Crippen LogP contribution is 2.16. The van der Waals surface area contributed by atoms with Gasteiger partial charge in [0, 0.05) is 17.8 Å². The summed E-state index contributed by atoms with van der Waals surface area (Å²) in [4.78, 5) is 24.6. The van der Waals surface area contributed by atoms with E-state index in [1.54, 1.807) is 37.3 Å². The number of anilines is 1. The monoisotopic (exact) mass is 347 g/mol. The molecule has 5 nitrogen and oxygen atoms in total. The number of nitrogens with two attached hydrogens (primary N) is 1. The number of rotatable bonds is 6. The van der Waals surface area contributed by atoms with Crippen LogP contribution in [-0.4, -0.2) is 29.8 Å². The van der Waals surface area contributed by atoms with Crippen molar-refractivity contribution < 1.29 is 18.4 Å². The number of alkyl halides is 2. The van der Waals surface area contributed by atoms with Gasteiger partial charge in [0.2, 0.25) is 5.91 Å². The van der Waals surface area contributed by atoms with Crippen molar-refractivity contribution in [2.75, 3.05) is 11.9 Å². The minimum Gasteiger partial charge on any atom is -0.366 e. The predicted molar refractivity (Wildman–Crippen MR) is 91.6 cm³/mol. The molecule has 0 saturated heterocycles. The summed E-state index contributed by atoms with van der Waals surface area (Å²) in [6.45, 7) is 1.06. The maximum Gasteiger partial charge on any atom is 0.322 e. The lowest BCUT2D eigenvalue weighted by Crippen LogP contribution is -2.37. The van der Waals surface area contributed by atoms with Gasteiger partial charge in [-0.15, -0.1) is 0 Å². The van der Waals surface area contributed by atoms with Gasteiger partial charge in [-0.2, -0.15) is 0 Å². The summed E-state index contributed by atoms with van der Waals surface area (Å²) < 4.78 is 25.6. The molecule has 0 heterocycles. The zero-order chi connectivity index (χ0) is 18.4. The Hall–Kier alpha value is -2.96. The summed E-state index contributed by atoms with van der Waals surface area (Å²) in [5.41, 5.74) is 7.32. The molecule has 132 valence electrons. The Balaban J connectivity index is 2.13. The van der Waals surface area contributed by atoms with Crippen molar-refractivity contribution in [3.63, 3.8) is 0 Å². The minimum absolute atomic E-state index is 0.0648. The van der Waals surface area contributed by atoms with Crippen molar-refractivity contribution in [2.45, 2.75) is 19.9 Å². The molecule has 0 bridgehead atoms. The first-order valence-electron chi connectivity index (χ1n) is 7.65. The van der Waals surface area contributed by atoms with Crippen LogP contribution in [0.1, 0.15) is 21.5 Å². The van der Waals surface area contributed by atoms with Gasteiger partial charge in [0.05, 0.1) is 6.54 Å². The smallest absolute Gasteiger partial charge is 0.322 e. The van der Waals surface area contributed by atoms with Crippen LogP contribution in [0.25, 0.3) is 0 Å². The molecule has 0 aliphatic heterocycles. The molecule has 0 fully saturated rings. The predicted octanol–water partition coefficient (Wildman–Crippen LogP) is 3.39. The third-order valence-corrected chi connectivity index (χ3v) is 3.61. The Morgan fingerprint density at radius 3 is 2.40 bits per heavy atom. The molecule has 0 aromatic heterocycles. The zero-order valence-corrected chi connectivity index (χ0v) is 13.7. The highest BCUT2D eigenvalue weighted by molar-refractivity contribution is 5.96. The molecule has 2 rings (SSSR count). The summed E-state index contributed by atoms with van der Waals surface area (Å²) >= 11 is 0. The van der Waals surface area contributed by atoms with E-state index in [9.17, 15) is 18.4 Å². The molecule has 0 aliphatic rings. The molecule has 0 atom stereocenters. The van der Waals surface area contributed by atoms with Gasteiger partial charge in [0.15, 0.2) is 0 Å². The van der Waals surface area contributed by atoms with Gasteiger partial charge in [-0.05, 0) is 36.2 Å². The lowest BCUT2D eigenvalue weighted by Gasteiger charge is -2.23. The van der Waals surface area contributed by atoms with Crippen molar-refractivity contribution in [1.82, 2.24) is 4.90 Å². The van der Waals surface area contributed by atoms with Crippen LogP contribution < -0.4 is 11.1 Å². The van der Waals surface area contributed by atoms with Gasteiger partial charge >= 0.3 is 6.03 Å². The summed E-state index contributed by atoms with van der Waals surface area (Å²) in [7, 11) is 0. The number of benzene rings is 2. The summed E-state index contributed by atoms with van der Waals surface area (Å²) in [6, 6.07) is 12.8. The van der Waals surface area contributed by atoms with Gasteiger partial charge in [0.25, 0.3) is 6.43 Å². The molecule has 0 saturated carbocycles. The molecule has 2 aromatic carbocycles. The maximum absolute atomic E-state index is 12.8. The second-order valence-electron chi connectivity index (χ2n) is 5.58. The number of nitrogens with one attached hydrogen (secondary N) is 1. The highest BCUT2D eigenvalue weighted by Gasteiger charge is 2.19. The van der Waals surface area contributed by atoms with Crippen LogP contribution in [0, 0.1) is 6.92 Å². The number of carbonyl (C=O) groups excluding carboxylic acids is 2. The van der Waals surface area contributed by atoms with Crippen molar-refractivity contribution in [3.8, 4) is 0 Å². The van der Waals surface area contributed by atoms with Crippen LogP contribution in [0.2, 0.25) is 0 Å². The fraction of sp³-hybridized carbons (Fsp3) is 0.222. The number of amides is 3. The van der Waals surface area contributed by atoms with Crippen molar-refractivity contribution in [2.24, 2.45) is 5.73 Å². The molecule has 0 unspecified atom stereocenters. The number of urea groups is 1. The first-order valence-corrected chi connectivity index (χ1v) is 7.65. The Morgan fingerprint density at radius 1 is 1.16 bits per heavy atom. The topological polar surface area (TPSA) is 75.4 Å². The molecule has 2 aromatic rings. The number of hydrogen-bond donors (Lipinski definition) is 2. The molecule has 3 N–H and O–H groups in total. The number of aryl methyl sites for hydroxylation is 1. The first-order chi connectivity index (χ1) is 11.9. The van der Waals surface area contributed by atoms with Crippen molar-refractivity contribution in [3.05, 3.63) is 65.2 Å². The largest absolute Gasteiger partial charge is 0.366 e. The van der Waals surface area contributed by atoms with E-state index >= 15 is 0 Å². The van der Waals surface area contributed by atoms with Crippen LogP contribution in [0.5, 0.6) is 0 Å². The fourth-order valence-electron chi connectivity index (χ4n) is 2.41. The molecular weight excluding hydrogens is 328 g/mol. The second kappa shape index (κ2) is 8.23. The molecule has 0 spiro atoms. The van der Waals surface area contributed by atoms with E-state index in [4.69, 9.17) is 5.73 Å². The number of nitrogens with zero attached hydrogens (tertiary/aromatic N) is 1. The number of halogens is 2. The van der Waals surface area contributed by atoms with Gasteiger partial charge in [0.1, 0.15) is 0 Å². The van der Waals surface area contributed by atoms with Gasteiger partial charge in [-0.3, -0.25) is 4.79 Å². The summed E-state index contributed by atoms with van der Waals surface area (Å²) in [5, 5.41) is 2.58. The third-order valence-electron chi connectivity index (χ3n) is 3.61. The quantitative estimate of drug-likeness (QED) is 0.840. The van der Waals surface area contributed by atoms with Gasteiger partial charge in [-0.25, -0.2) is 13.6 Å². The van der Waals surface area contributed by atoms with Crippen LogP contribution in [-0.2, 0) is 6.54 Å². The molecule has 0 radical (unpaired) electrons. The van der Waals surface area contributed by atoms with Crippen LogP contribution in [0.15, 0.2) is 48.5 Å². The van der Waals surface area contributed by atoms with E-state index in [1.165, 1.54) is 12.1 Å². The number of carbonyl (C=O) groups is 2. The minimum atomic E-state index is -2.64. The van der Waals surface area contributed by atoms with Crippen LogP contribution >= 0.6 is 0 Å². The Labute approximate surface area is 144 Å². The van der Waals surface area contributed by atoms with E-state index in [0.29, 0.717) is 16.8 Å². The van der Waals surface area contributed by atoms with E-state index in [2.05, 4.69) is 5.32 Å². The lowest BCUT2D eigenvalue weighted by atomic mass is 10.1. The highest BCUT2D eigenvalue weighted by atomic mass is 19.3. The third kappa shape index (κ3) is 5.27. The van der Waals surface area contributed by atoms with Crippen LogP contribution in [0.4, 0.5) is 19.3 Å². The average molecular weight is 347 g/mol. The Morgan fingerprint density at radius 2 is 1.84 bits per heavy atom. The maximum atomic E-state index is 12.8. The first kappa shape index (κ1) is 18.4. The molecule has 3 amide bonds. The van der Waals surface area contributed by atoms with Crippen molar-refractivity contribution in [1.29, 1.82) is 0 Å². The number of hydrogen-bond acceptors (Lipinski definition) is 2. The fourth-order valence-corrected chi connectivity index (χ4v) is 2.41. The molecule has 0 aliphatic carbocycles. The second-order valence-corrected chi connectivity index (χ2v) is 5.58. The zero-order valence-electron chi connectivity index (χ0n) is 13.7. The van der Waals surface area contributed by atoms with Gasteiger partial charge < -0.3 is 16.0 Å². The van der Waals surface area contributed by atoms with E-state index < -0.39 is 24.9 Å². The normalized spacial score (nSPS) is 10.6. The standard InChI is InChI=1S/C18H19F2N3O2/c1-12-9-14(7-8-15(12)17(21)24)22-18(25)23(11-16(19)20)10-13-5-3-2-4-6-13/h2-9,16H,10-11H2,1H3,(H2,21,24)(H,22,25). The molecule has 25 heavy (non-hydrogen) atoms.